The molecule has 0 aliphatic rings. The number of thiophene rings is 1. The summed E-state index contributed by atoms with van der Waals surface area (Å²) in [5, 5.41) is 4.15. The molecule has 0 aliphatic carbocycles. The summed E-state index contributed by atoms with van der Waals surface area (Å²) in [5.41, 5.74) is -0.0461. The minimum Gasteiger partial charge on any atom is -0.461 e. The summed E-state index contributed by atoms with van der Waals surface area (Å²) < 4.78 is 4.67. The van der Waals surface area contributed by atoms with Crippen LogP contribution in [0.15, 0.2) is 29.8 Å². The first-order valence-corrected chi connectivity index (χ1v) is 5.24. The van der Waals surface area contributed by atoms with E-state index >= 15 is 0 Å². The first-order valence-electron chi connectivity index (χ1n) is 4.36. The van der Waals surface area contributed by atoms with Gasteiger partial charge in [0.15, 0.2) is 0 Å². The van der Waals surface area contributed by atoms with Crippen LogP contribution in [0.5, 0.6) is 0 Å². The Morgan fingerprint density at radius 2 is 2.33 bits per heavy atom. The zero-order chi connectivity index (χ0) is 11.3. The fourth-order valence-electron chi connectivity index (χ4n) is 0.876. The van der Waals surface area contributed by atoms with Crippen LogP contribution in [0.3, 0.4) is 0 Å². The zero-order valence-corrected chi connectivity index (χ0v) is 9.10. The van der Waals surface area contributed by atoms with Gasteiger partial charge in [-0.25, -0.2) is 4.79 Å². The van der Waals surface area contributed by atoms with Gasteiger partial charge in [-0.15, -0.1) is 11.3 Å². The van der Waals surface area contributed by atoms with Crippen molar-refractivity contribution in [1.29, 1.82) is 0 Å². The SMILES string of the molecule is C=C(NC(=O)c1cccs1)C(=O)OCC. The number of hydrogen-bond donors (Lipinski definition) is 1. The second-order valence-electron chi connectivity index (χ2n) is 2.63. The van der Waals surface area contributed by atoms with E-state index in [9.17, 15) is 9.59 Å². The standard InChI is InChI=1S/C10H11NO3S/c1-3-14-10(13)7(2)11-9(12)8-5-4-6-15-8/h4-6H,2-3H2,1H3,(H,11,12). The van der Waals surface area contributed by atoms with Crippen LogP contribution in [0.4, 0.5) is 0 Å². The van der Waals surface area contributed by atoms with Gasteiger partial charge < -0.3 is 10.1 Å². The summed E-state index contributed by atoms with van der Waals surface area (Å²) >= 11 is 1.29. The average molecular weight is 225 g/mol. The summed E-state index contributed by atoms with van der Waals surface area (Å²) in [5.74, 6) is -0.953. The van der Waals surface area contributed by atoms with Gasteiger partial charge in [0.2, 0.25) is 0 Å². The largest absolute Gasteiger partial charge is 0.461 e. The van der Waals surface area contributed by atoms with Crippen molar-refractivity contribution in [3.8, 4) is 0 Å². The lowest BCUT2D eigenvalue weighted by Gasteiger charge is -2.05. The fraction of sp³-hybridized carbons (Fsp3) is 0.200. The Morgan fingerprint density at radius 1 is 1.60 bits per heavy atom. The van der Waals surface area contributed by atoms with Crippen LogP contribution in [-0.2, 0) is 9.53 Å². The molecule has 0 atom stereocenters. The van der Waals surface area contributed by atoms with Crippen molar-refractivity contribution in [2.24, 2.45) is 0 Å². The van der Waals surface area contributed by atoms with Crippen LogP contribution < -0.4 is 5.32 Å². The lowest BCUT2D eigenvalue weighted by molar-refractivity contribution is -0.138. The number of ether oxygens (including phenoxy) is 1. The first kappa shape index (κ1) is 11.5. The molecule has 80 valence electrons. The van der Waals surface area contributed by atoms with E-state index in [0.29, 0.717) is 4.88 Å². The lowest BCUT2D eigenvalue weighted by Crippen LogP contribution is -2.27. The van der Waals surface area contributed by atoms with E-state index in [4.69, 9.17) is 0 Å². The molecular weight excluding hydrogens is 214 g/mol. The van der Waals surface area contributed by atoms with Crippen LogP contribution in [0.25, 0.3) is 0 Å². The van der Waals surface area contributed by atoms with E-state index in [0.717, 1.165) is 0 Å². The van der Waals surface area contributed by atoms with Gasteiger partial charge in [0, 0.05) is 0 Å². The average Bonchev–Trinajstić information content (AvgIpc) is 2.70. The highest BCUT2D eigenvalue weighted by molar-refractivity contribution is 7.12. The normalized spacial score (nSPS) is 9.40. The molecule has 0 aliphatic heterocycles. The molecule has 0 saturated carbocycles. The number of rotatable bonds is 4. The number of esters is 1. The van der Waals surface area contributed by atoms with Crippen molar-refractivity contribution in [1.82, 2.24) is 5.32 Å². The predicted molar refractivity (Wildman–Crippen MR) is 57.6 cm³/mol. The third-order valence-corrected chi connectivity index (χ3v) is 2.40. The molecule has 0 saturated heterocycles. The van der Waals surface area contributed by atoms with Crippen molar-refractivity contribution in [2.45, 2.75) is 6.92 Å². The van der Waals surface area contributed by atoms with Gasteiger partial charge in [-0.3, -0.25) is 4.79 Å². The Morgan fingerprint density at radius 3 is 2.87 bits per heavy atom. The second kappa shape index (κ2) is 5.31. The highest BCUT2D eigenvalue weighted by atomic mass is 32.1. The summed E-state index contributed by atoms with van der Waals surface area (Å²) in [6, 6.07) is 3.42. The first-order chi connectivity index (χ1) is 7.15. The Labute approximate surface area is 91.6 Å². The van der Waals surface area contributed by atoms with E-state index in [2.05, 4.69) is 16.6 Å². The Bertz CT molecular complexity index is 370. The topological polar surface area (TPSA) is 55.4 Å². The van der Waals surface area contributed by atoms with E-state index in [-0.39, 0.29) is 18.2 Å². The van der Waals surface area contributed by atoms with Crippen molar-refractivity contribution < 1.29 is 14.3 Å². The van der Waals surface area contributed by atoms with Crippen LogP contribution in [0.2, 0.25) is 0 Å². The minimum atomic E-state index is -0.609. The molecule has 1 amide bonds. The molecule has 15 heavy (non-hydrogen) atoms. The van der Waals surface area contributed by atoms with Crippen molar-refractivity contribution in [3.63, 3.8) is 0 Å². The Balaban J connectivity index is 2.52. The summed E-state index contributed by atoms with van der Waals surface area (Å²) in [7, 11) is 0. The van der Waals surface area contributed by atoms with Crippen LogP contribution >= 0.6 is 11.3 Å². The smallest absolute Gasteiger partial charge is 0.354 e. The monoisotopic (exact) mass is 225 g/mol. The maximum absolute atomic E-state index is 11.5. The van der Waals surface area contributed by atoms with E-state index in [1.807, 2.05) is 0 Å². The minimum absolute atomic E-state index is 0.0461. The second-order valence-corrected chi connectivity index (χ2v) is 3.58. The third kappa shape index (κ3) is 3.21. The maximum Gasteiger partial charge on any atom is 0.354 e. The number of carbonyl (C=O) groups excluding carboxylic acids is 2. The summed E-state index contributed by atoms with van der Waals surface area (Å²) in [4.78, 5) is 23.1. The molecule has 1 aromatic rings. The maximum atomic E-state index is 11.5. The molecule has 1 aromatic heterocycles. The van der Waals surface area contributed by atoms with E-state index in [1.54, 1.807) is 24.4 Å². The third-order valence-electron chi connectivity index (χ3n) is 1.53. The number of nitrogens with one attached hydrogen (secondary N) is 1. The fourth-order valence-corrected chi connectivity index (χ4v) is 1.49. The molecule has 0 spiro atoms. The number of hydrogen-bond acceptors (Lipinski definition) is 4. The quantitative estimate of drug-likeness (QED) is 0.625. The molecule has 0 aromatic carbocycles. The molecule has 1 N–H and O–H groups in total. The van der Waals surface area contributed by atoms with Crippen molar-refractivity contribution in [2.75, 3.05) is 6.61 Å². The van der Waals surface area contributed by atoms with Crippen LogP contribution in [0.1, 0.15) is 16.6 Å². The van der Waals surface area contributed by atoms with E-state index < -0.39 is 5.97 Å². The molecule has 1 rings (SSSR count). The van der Waals surface area contributed by atoms with Gasteiger partial charge >= 0.3 is 5.97 Å². The predicted octanol–water partition coefficient (Wildman–Crippen LogP) is 1.55. The molecular formula is C10H11NO3S. The molecule has 1 heterocycles. The molecule has 0 unspecified atom stereocenters. The van der Waals surface area contributed by atoms with E-state index in [1.165, 1.54) is 11.3 Å². The Kier molecular flexibility index (Phi) is 4.05. The number of carbonyl (C=O) groups is 2. The van der Waals surface area contributed by atoms with Crippen molar-refractivity contribution in [3.05, 3.63) is 34.7 Å². The van der Waals surface area contributed by atoms with Gasteiger partial charge in [0.05, 0.1) is 11.5 Å². The summed E-state index contributed by atoms with van der Waals surface area (Å²) in [6.07, 6.45) is 0. The van der Waals surface area contributed by atoms with Gasteiger partial charge in [0.1, 0.15) is 5.70 Å². The molecule has 0 fully saturated rings. The number of amides is 1. The Hall–Kier alpha value is -1.62. The lowest BCUT2D eigenvalue weighted by atomic mass is 10.4. The molecule has 4 nitrogen and oxygen atoms in total. The molecule has 0 bridgehead atoms. The van der Waals surface area contributed by atoms with Gasteiger partial charge in [-0.2, -0.15) is 0 Å². The summed E-state index contributed by atoms with van der Waals surface area (Å²) in [6.45, 7) is 5.36. The van der Waals surface area contributed by atoms with Crippen molar-refractivity contribution >= 4 is 23.2 Å². The molecule has 0 radical (unpaired) electrons. The zero-order valence-electron chi connectivity index (χ0n) is 8.28. The highest BCUT2D eigenvalue weighted by Crippen LogP contribution is 2.08. The van der Waals surface area contributed by atoms with Gasteiger partial charge in [-0.05, 0) is 18.4 Å². The van der Waals surface area contributed by atoms with Gasteiger partial charge in [0.25, 0.3) is 5.91 Å². The van der Waals surface area contributed by atoms with Crippen LogP contribution in [0, 0.1) is 0 Å². The van der Waals surface area contributed by atoms with Gasteiger partial charge in [-0.1, -0.05) is 12.6 Å². The van der Waals surface area contributed by atoms with Crippen LogP contribution in [-0.4, -0.2) is 18.5 Å². The highest BCUT2D eigenvalue weighted by Gasteiger charge is 2.13. The molecule has 5 heteroatoms.